The zero-order valence-corrected chi connectivity index (χ0v) is 20.4. The molecule has 1 aromatic carbocycles. The fourth-order valence-electron chi connectivity index (χ4n) is 1.02. The third-order valence-electron chi connectivity index (χ3n) is 1.51. The zero-order valence-electron chi connectivity index (χ0n) is 16.8. The number of halogens is 24. The summed E-state index contributed by atoms with van der Waals surface area (Å²) in [6.07, 6.45) is 1.81. The van der Waals surface area contributed by atoms with E-state index in [-0.39, 0.29) is 7.43 Å². The molecular formula is C10H7F24NP4. The minimum atomic E-state index is -10.7. The average Bonchev–Trinajstić information content (AvgIpc) is 2.33. The summed E-state index contributed by atoms with van der Waals surface area (Å²) in [5.41, 5.74) is 1.06. The first-order chi connectivity index (χ1) is 14.8. The van der Waals surface area contributed by atoms with Crippen molar-refractivity contribution < 1.29 is 101 Å². The number of rotatable bonds is 0. The van der Waals surface area contributed by atoms with Crippen molar-refractivity contribution in [2.24, 2.45) is 0 Å². The van der Waals surface area contributed by atoms with E-state index in [1.54, 1.807) is 0 Å². The van der Waals surface area contributed by atoms with Crippen molar-refractivity contribution in [1.82, 2.24) is 4.98 Å². The Morgan fingerprint density at radius 2 is 0.564 bits per heavy atom. The van der Waals surface area contributed by atoms with E-state index < -0.39 is 31.2 Å². The summed E-state index contributed by atoms with van der Waals surface area (Å²) >= 11 is 0. The Hall–Kier alpha value is -1.33. The molecule has 0 amide bonds. The molecule has 0 unspecified atom stereocenters. The third-order valence-corrected chi connectivity index (χ3v) is 1.51. The maximum absolute atomic E-state index is 10.7. The van der Waals surface area contributed by atoms with Crippen LogP contribution in [0.3, 0.4) is 0 Å². The summed E-state index contributed by atoms with van der Waals surface area (Å²) in [6, 6.07) is 12.1. The fraction of sp³-hybridized carbons (Fsp3) is 0. The van der Waals surface area contributed by atoms with Gasteiger partial charge in [-0.25, -0.2) is 0 Å². The molecular weight excluding hydrogens is 714 g/mol. The minimum Gasteiger partial charge on any atom is -0.256 e. The van der Waals surface area contributed by atoms with Crippen LogP contribution < -0.4 is 0 Å². The molecule has 0 aliphatic carbocycles. The molecule has 240 valence electrons. The average molecular weight is 721 g/mol. The van der Waals surface area contributed by atoms with Gasteiger partial charge < -0.3 is 0 Å². The van der Waals surface area contributed by atoms with Crippen LogP contribution in [-0.4, -0.2) is 4.98 Å². The first kappa shape index (κ1) is 44.7. The van der Waals surface area contributed by atoms with Crippen molar-refractivity contribution in [3.8, 4) is 0 Å². The molecule has 0 saturated heterocycles. The Morgan fingerprint density at radius 1 is 0.359 bits per heavy atom. The maximum Gasteiger partial charge on any atom is 4.00 e. The molecule has 0 N–H and O–H groups in total. The van der Waals surface area contributed by atoms with Crippen molar-refractivity contribution in [3.05, 3.63) is 50.0 Å². The van der Waals surface area contributed by atoms with Crippen LogP contribution in [0.15, 0.2) is 42.6 Å². The summed E-state index contributed by atoms with van der Waals surface area (Å²) in [6.45, 7) is 0. The van der Waals surface area contributed by atoms with Gasteiger partial charge in [-0.1, -0.05) is 24.3 Å². The largest absolute Gasteiger partial charge is 4.00 e. The molecule has 0 aliphatic rings. The molecule has 2 rings (SSSR count). The molecule has 1 heterocycles. The van der Waals surface area contributed by atoms with Crippen LogP contribution in [0.4, 0.5) is 101 Å². The Morgan fingerprint density at radius 3 is 0.795 bits per heavy atom. The van der Waals surface area contributed by atoms with Gasteiger partial charge in [0.15, 0.2) is 0 Å². The van der Waals surface area contributed by atoms with Crippen LogP contribution in [0.2, 0.25) is 0 Å². The molecule has 0 saturated carbocycles. The first-order valence-corrected chi connectivity index (χ1v) is 15.4. The molecule has 0 bridgehead atoms. The van der Waals surface area contributed by atoms with Crippen molar-refractivity contribution in [2.75, 3.05) is 0 Å². The van der Waals surface area contributed by atoms with E-state index in [1.165, 1.54) is 5.39 Å². The van der Waals surface area contributed by atoms with Gasteiger partial charge in [-0.05, 0) is 12.1 Å². The number of hydrogen-bond acceptors (Lipinski definition) is 1. The van der Waals surface area contributed by atoms with E-state index in [0.717, 1.165) is 5.52 Å². The van der Waals surface area contributed by atoms with Crippen molar-refractivity contribution in [2.45, 2.75) is 0 Å². The third kappa shape index (κ3) is 159. The van der Waals surface area contributed by atoms with Gasteiger partial charge in [0.25, 0.3) is 0 Å². The smallest absolute Gasteiger partial charge is 0.256 e. The normalized spacial score (nSPS) is 19.2. The van der Waals surface area contributed by atoms with Crippen molar-refractivity contribution in [1.29, 1.82) is 0 Å². The van der Waals surface area contributed by atoms with Crippen LogP contribution in [0.25, 0.3) is 10.9 Å². The number of fused-ring (bicyclic) bond motifs is 1. The number of pyridine rings is 1. The predicted octanol–water partition coefficient (Wildman–Crippen LogP) is 15.8. The number of nitrogens with zero attached hydrogens (tertiary/aromatic N) is 1. The number of para-hydroxylation sites is 1. The minimum absolute atomic E-state index is 0. The molecule has 0 spiro atoms. The molecule has 0 fully saturated rings. The molecule has 0 radical (unpaired) electrons. The topological polar surface area (TPSA) is 12.9 Å². The molecule has 1 aromatic heterocycles. The second kappa shape index (κ2) is 8.84. The van der Waals surface area contributed by atoms with E-state index in [0.29, 0.717) is 0 Å². The van der Waals surface area contributed by atoms with E-state index in [1.807, 2.05) is 30.5 Å². The first-order valence-electron chi connectivity index (χ1n) is 7.32. The molecule has 39 heavy (non-hydrogen) atoms. The van der Waals surface area contributed by atoms with Gasteiger partial charge >= 0.3 is 139 Å². The summed E-state index contributed by atoms with van der Waals surface area (Å²) in [5.74, 6) is 0. The summed E-state index contributed by atoms with van der Waals surface area (Å²) in [4.78, 5) is 4.18. The molecule has 29 heteroatoms. The van der Waals surface area contributed by atoms with Gasteiger partial charge in [-0.2, -0.15) is 0 Å². The van der Waals surface area contributed by atoms with Gasteiger partial charge in [0, 0.05) is 11.6 Å². The van der Waals surface area contributed by atoms with Crippen LogP contribution in [0.1, 0.15) is 0 Å². The van der Waals surface area contributed by atoms with Gasteiger partial charge in [0.05, 0.1) is 5.52 Å². The summed E-state index contributed by atoms with van der Waals surface area (Å²) < 4.78 is 237. The summed E-state index contributed by atoms with van der Waals surface area (Å²) in [7, 11) is -42.6. The number of benzene rings is 1. The van der Waals surface area contributed by atoms with Crippen LogP contribution >= 0.6 is 31.2 Å². The van der Waals surface area contributed by atoms with Gasteiger partial charge in [-0.15, -0.1) is 0 Å². The van der Waals surface area contributed by atoms with Gasteiger partial charge in [-0.3, -0.25) is 4.98 Å². The quantitative estimate of drug-likeness (QED) is 0.195. The van der Waals surface area contributed by atoms with Gasteiger partial charge in [0.2, 0.25) is 0 Å². The number of hydrogen-bond donors (Lipinski definition) is 0. The Labute approximate surface area is 199 Å². The molecule has 0 atom stereocenters. The van der Waals surface area contributed by atoms with E-state index in [9.17, 15) is 101 Å². The van der Waals surface area contributed by atoms with Gasteiger partial charge in [0.1, 0.15) is 0 Å². The zero-order chi connectivity index (χ0) is 32.4. The second-order valence-electron chi connectivity index (χ2n) is 6.03. The maximum atomic E-state index is 9.87. The Balaban J connectivity index is -0.000000198. The second-order valence-corrected chi connectivity index (χ2v) is 13.7. The van der Waals surface area contributed by atoms with Crippen molar-refractivity contribution in [3.63, 3.8) is 0 Å². The van der Waals surface area contributed by atoms with Crippen LogP contribution in [0, 0.1) is 7.43 Å². The molecule has 0 aliphatic heterocycles. The van der Waals surface area contributed by atoms with Crippen molar-refractivity contribution >= 4 is 42.1 Å². The Bertz CT molecular complexity index is 862. The predicted molar refractivity (Wildman–Crippen MR) is 99.3 cm³/mol. The van der Waals surface area contributed by atoms with E-state index in [4.69, 9.17) is 0 Å². The standard InChI is InChI=1S/C9H7N.C.4F6P/c1-2-6-9-8(4-1)5-3-7-10-9;;4*1-7(2,3,4,5)6/h1-7H;;;;;/q;+4;4*-1. The SMILES string of the molecule is F[P-](F)(F)(F)(F)F.F[P-](F)(F)(F)(F)F.F[P-](F)(F)(F)(F)F.F[P-](F)(F)(F)(F)F.[C+4].c1ccc2ncccc2c1. The molecule has 1 nitrogen and oxygen atoms in total. The van der Waals surface area contributed by atoms with Crippen LogP contribution in [-0.2, 0) is 0 Å². The Kier molecular flexibility index (Phi) is 10.1. The fourth-order valence-corrected chi connectivity index (χ4v) is 1.02. The van der Waals surface area contributed by atoms with E-state index >= 15 is 0 Å². The number of aromatic nitrogens is 1. The van der Waals surface area contributed by atoms with E-state index in [2.05, 4.69) is 17.1 Å². The van der Waals surface area contributed by atoms with Crippen LogP contribution in [0.5, 0.6) is 0 Å². The molecule has 2 aromatic rings. The monoisotopic (exact) mass is 721 g/mol. The summed E-state index contributed by atoms with van der Waals surface area (Å²) in [5, 5.41) is 1.20.